The van der Waals surface area contributed by atoms with E-state index in [1.54, 1.807) is 0 Å². The minimum atomic E-state index is 0.459. The topological polar surface area (TPSA) is 37.8 Å². The molecule has 0 aromatic carbocycles. The molecule has 0 aliphatic rings. The van der Waals surface area contributed by atoms with Crippen LogP contribution < -0.4 is 5.32 Å². The summed E-state index contributed by atoms with van der Waals surface area (Å²) in [5.74, 6) is 2.40. The molecular formula is C13H23N3. The molecule has 0 spiro atoms. The van der Waals surface area contributed by atoms with Crippen molar-refractivity contribution in [3.63, 3.8) is 0 Å². The van der Waals surface area contributed by atoms with Crippen molar-refractivity contribution in [2.24, 2.45) is 0 Å². The van der Waals surface area contributed by atoms with Gasteiger partial charge in [0.15, 0.2) is 0 Å². The summed E-state index contributed by atoms with van der Waals surface area (Å²) in [7, 11) is 0. The first kappa shape index (κ1) is 12.9. The molecule has 0 aliphatic heterocycles. The Bertz CT molecular complexity index is 321. The summed E-state index contributed by atoms with van der Waals surface area (Å²) in [5.41, 5.74) is 1.14. The maximum Gasteiger partial charge on any atom is 0.131 e. The minimum absolute atomic E-state index is 0.459. The van der Waals surface area contributed by atoms with Gasteiger partial charge in [0.2, 0.25) is 0 Å². The third kappa shape index (κ3) is 3.80. The Morgan fingerprint density at radius 2 is 1.94 bits per heavy atom. The SMILES string of the molecule is CCCNc1cc(C(C)C)nc(CCC)n1. The first-order valence-electron chi connectivity index (χ1n) is 6.29. The summed E-state index contributed by atoms with van der Waals surface area (Å²) >= 11 is 0. The van der Waals surface area contributed by atoms with Crippen LogP contribution in [0.3, 0.4) is 0 Å². The van der Waals surface area contributed by atoms with Crippen molar-refractivity contribution < 1.29 is 0 Å². The van der Waals surface area contributed by atoms with Crippen LogP contribution in [0.5, 0.6) is 0 Å². The number of hydrogen-bond donors (Lipinski definition) is 1. The molecule has 90 valence electrons. The van der Waals surface area contributed by atoms with Crippen LogP contribution in [-0.2, 0) is 6.42 Å². The van der Waals surface area contributed by atoms with E-state index in [2.05, 4.69) is 49.0 Å². The molecule has 0 amide bonds. The molecule has 0 aliphatic carbocycles. The fourth-order valence-electron chi connectivity index (χ4n) is 1.49. The average Bonchev–Trinajstić information content (AvgIpc) is 2.26. The number of anilines is 1. The van der Waals surface area contributed by atoms with Gasteiger partial charge in [-0.15, -0.1) is 0 Å². The lowest BCUT2D eigenvalue weighted by Gasteiger charge is -2.11. The first-order valence-corrected chi connectivity index (χ1v) is 6.29. The Labute approximate surface area is 98.7 Å². The van der Waals surface area contributed by atoms with Gasteiger partial charge in [0.1, 0.15) is 11.6 Å². The molecule has 0 radical (unpaired) electrons. The number of hydrogen-bond acceptors (Lipinski definition) is 3. The third-order valence-electron chi connectivity index (χ3n) is 2.41. The second kappa shape index (κ2) is 6.46. The van der Waals surface area contributed by atoms with E-state index in [-0.39, 0.29) is 0 Å². The number of aryl methyl sites for hydroxylation is 1. The second-order valence-corrected chi connectivity index (χ2v) is 4.43. The van der Waals surface area contributed by atoms with E-state index in [0.29, 0.717) is 5.92 Å². The lowest BCUT2D eigenvalue weighted by Crippen LogP contribution is -2.08. The highest BCUT2D eigenvalue weighted by Gasteiger charge is 2.06. The zero-order valence-electron chi connectivity index (χ0n) is 10.9. The van der Waals surface area contributed by atoms with Gasteiger partial charge in [0.05, 0.1) is 0 Å². The number of rotatable bonds is 6. The Balaban J connectivity index is 2.89. The van der Waals surface area contributed by atoms with Crippen molar-refractivity contribution in [2.45, 2.75) is 52.9 Å². The van der Waals surface area contributed by atoms with Gasteiger partial charge in [-0.05, 0) is 18.8 Å². The molecule has 0 atom stereocenters. The van der Waals surface area contributed by atoms with Crippen LogP contribution in [0.15, 0.2) is 6.07 Å². The lowest BCUT2D eigenvalue weighted by atomic mass is 10.1. The second-order valence-electron chi connectivity index (χ2n) is 4.43. The van der Waals surface area contributed by atoms with Gasteiger partial charge < -0.3 is 5.32 Å². The molecule has 1 rings (SSSR count). The van der Waals surface area contributed by atoms with Crippen LogP contribution >= 0.6 is 0 Å². The van der Waals surface area contributed by atoms with Crippen LogP contribution in [0.4, 0.5) is 5.82 Å². The smallest absolute Gasteiger partial charge is 0.131 e. The Hall–Kier alpha value is -1.12. The summed E-state index contributed by atoms with van der Waals surface area (Å²) < 4.78 is 0. The molecule has 0 saturated carbocycles. The highest BCUT2D eigenvalue weighted by molar-refractivity contribution is 5.36. The van der Waals surface area contributed by atoms with E-state index in [9.17, 15) is 0 Å². The van der Waals surface area contributed by atoms with Gasteiger partial charge in [-0.1, -0.05) is 27.7 Å². The molecule has 0 saturated heterocycles. The molecule has 1 aromatic rings. The predicted molar refractivity (Wildman–Crippen MR) is 68.9 cm³/mol. The van der Waals surface area contributed by atoms with Crippen molar-refractivity contribution in [3.8, 4) is 0 Å². The average molecular weight is 221 g/mol. The van der Waals surface area contributed by atoms with Crippen LogP contribution in [0.2, 0.25) is 0 Å². The lowest BCUT2D eigenvalue weighted by molar-refractivity contribution is 0.763. The fraction of sp³-hybridized carbons (Fsp3) is 0.692. The molecule has 0 bridgehead atoms. The molecule has 3 nitrogen and oxygen atoms in total. The van der Waals surface area contributed by atoms with Crippen LogP contribution in [0, 0.1) is 0 Å². The normalized spacial score (nSPS) is 10.8. The summed E-state index contributed by atoms with van der Waals surface area (Å²) in [5, 5.41) is 3.34. The standard InChI is InChI=1S/C13H23N3/c1-5-7-12-15-11(10(3)4)9-13(16-12)14-8-6-2/h9-10H,5-8H2,1-4H3,(H,14,15,16). The van der Waals surface area contributed by atoms with Gasteiger partial charge in [0, 0.05) is 24.7 Å². The van der Waals surface area contributed by atoms with Crippen LogP contribution in [0.25, 0.3) is 0 Å². The summed E-state index contributed by atoms with van der Waals surface area (Å²) in [4.78, 5) is 9.10. The maximum atomic E-state index is 4.58. The summed E-state index contributed by atoms with van der Waals surface area (Å²) in [6.07, 6.45) is 3.17. The first-order chi connectivity index (χ1) is 7.67. The quantitative estimate of drug-likeness (QED) is 0.800. The van der Waals surface area contributed by atoms with Gasteiger partial charge >= 0.3 is 0 Å². The Kier molecular flexibility index (Phi) is 5.23. The van der Waals surface area contributed by atoms with E-state index in [1.807, 2.05) is 0 Å². The van der Waals surface area contributed by atoms with Crippen molar-refractivity contribution >= 4 is 5.82 Å². The van der Waals surface area contributed by atoms with Crippen molar-refractivity contribution in [2.75, 3.05) is 11.9 Å². The number of nitrogens with zero attached hydrogens (tertiary/aromatic N) is 2. The molecule has 3 heteroatoms. The monoisotopic (exact) mass is 221 g/mol. The molecular weight excluding hydrogens is 198 g/mol. The van der Waals surface area contributed by atoms with Gasteiger partial charge in [0.25, 0.3) is 0 Å². The highest BCUT2D eigenvalue weighted by Crippen LogP contribution is 2.16. The summed E-state index contributed by atoms with van der Waals surface area (Å²) in [6.45, 7) is 9.62. The van der Waals surface area contributed by atoms with Gasteiger partial charge in [-0.25, -0.2) is 9.97 Å². The molecule has 16 heavy (non-hydrogen) atoms. The van der Waals surface area contributed by atoms with Crippen molar-refractivity contribution in [1.82, 2.24) is 9.97 Å². The fourth-order valence-corrected chi connectivity index (χ4v) is 1.49. The minimum Gasteiger partial charge on any atom is -0.370 e. The summed E-state index contributed by atoms with van der Waals surface area (Å²) in [6, 6.07) is 2.07. The van der Waals surface area contributed by atoms with Crippen LogP contribution in [0.1, 0.15) is 58.0 Å². The zero-order chi connectivity index (χ0) is 12.0. The largest absolute Gasteiger partial charge is 0.370 e. The van der Waals surface area contributed by atoms with Crippen LogP contribution in [-0.4, -0.2) is 16.5 Å². The maximum absolute atomic E-state index is 4.58. The Morgan fingerprint density at radius 3 is 2.50 bits per heavy atom. The third-order valence-corrected chi connectivity index (χ3v) is 2.41. The molecule has 1 aromatic heterocycles. The van der Waals surface area contributed by atoms with Gasteiger partial charge in [-0.3, -0.25) is 0 Å². The van der Waals surface area contributed by atoms with E-state index >= 15 is 0 Å². The predicted octanol–water partition coefficient (Wildman–Crippen LogP) is 3.37. The molecule has 1 N–H and O–H groups in total. The van der Waals surface area contributed by atoms with Crippen molar-refractivity contribution in [3.05, 3.63) is 17.6 Å². The highest BCUT2D eigenvalue weighted by atomic mass is 15.0. The number of aromatic nitrogens is 2. The van der Waals surface area contributed by atoms with E-state index in [1.165, 1.54) is 0 Å². The Morgan fingerprint density at radius 1 is 1.19 bits per heavy atom. The molecule has 0 fully saturated rings. The number of nitrogens with one attached hydrogen (secondary N) is 1. The zero-order valence-corrected chi connectivity index (χ0v) is 10.9. The molecule has 0 unspecified atom stereocenters. The van der Waals surface area contributed by atoms with E-state index in [4.69, 9.17) is 0 Å². The molecule has 1 heterocycles. The van der Waals surface area contributed by atoms with E-state index < -0.39 is 0 Å². The van der Waals surface area contributed by atoms with E-state index in [0.717, 1.165) is 43.1 Å². The van der Waals surface area contributed by atoms with Crippen molar-refractivity contribution in [1.29, 1.82) is 0 Å². The van der Waals surface area contributed by atoms with Gasteiger partial charge in [-0.2, -0.15) is 0 Å².